The minimum Gasteiger partial charge on any atom is -0.489 e. The van der Waals surface area contributed by atoms with E-state index in [1.54, 1.807) is 0 Å². The van der Waals surface area contributed by atoms with Crippen LogP contribution in [0, 0.1) is 11.3 Å². The van der Waals surface area contributed by atoms with E-state index in [1.807, 2.05) is 0 Å². The Kier molecular flexibility index (Phi) is 6.71. The van der Waals surface area contributed by atoms with Gasteiger partial charge in [-0.3, -0.25) is 4.55 Å². The molecular weight excluding hydrogens is 360 g/mol. The van der Waals surface area contributed by atoms with Crippen molar-refractivity contribution in [1.82, 2.24) is 0 Å². The van der Waals surface area contributed by atoms with Crippen molar-refractivity contribution < 1.29 is 17.7 Å². The first-order chi connectivity index (χ1) is 12.5. The molecule has 0 saturated carbocycles. The van der Waals surface area contributed by atoms with Crippen molar-refractivity contribution >= 4 is 10.1 Å². The van der Waals surface area contributed by atoms with Gasteiger partial charge in [-0.05, 0) is 59.1 Å². The second-order valence-corrected chi connectivity index (χ2v) is 10.0. The maximum Gasteiger partial charge on any atom is 0.294 e. The summed E-state index contributed by atoms with van der Waals surface area (Å²) in [4.78, 5) is -0.141. The summed E-state index contributed by atoms with van der Waals surface area (Å²) in [6.07, 6.45) is 1.14. The molecule has 1 unspecified atom stereocenters. The van der Waals surface area contributed by atoms with Crippen molar-refractivity contribution in [2.24, 2.45) is 11.3 Å². The van der Waals surface area contributed by atoms with Gasteiger partial charge in [-0.2, -0.15) is 8.42 Å². The number of benzene rings is 2. The second kappa shape index (κ2) is 8.44. The van der Waals surface area contributed by atoms with Crippen LogP contribution in [-0.4, -0.2) is 13.0 Å². The minimum absolute atomic E-state index is 0.141. The molecule has 2 rings (SSSR count). The Labute approximate surface area is 163 Å². The molecule has 0 bridgehead atoms. The molecule has 0 spiro atoms. The zero-order valence-corrected chi connectivity index (χ0v) is 17.6. The first kappa shape index (κ1) is 21.5. The third kappa shape index (κ3) is 6.67. The van der Waals surface area contributed by atoms with Crippen LogP contribution in [0.15, 0.2) is 53.4 Å². The van der Waals surface area contributed by atoms with Gasteiger partial charge in [0, 0.05) is 0 Å². The third-order valence-corrected chi connectivity index (χ3v) is 5.44. The van der Waals surface area contributed by atoms with E-state index in [-0.39, 0.29) is 10.3 Å². The maximum atomic E-state index is 11.1. The Hall–Kier alpha value is -1.85. The number of hydrogen-bond donors (Lipinski definition) is 1. The van der Waals surface area contributed by atoms with E-state index in [2.05, 4.69) is 58.9 Å². The van der Waals surface area contributed by atoms with Gasteiger partial charge in [0.05, 0.1) is 4.90 Å². The predicted octanol–water partition coefficient (Wildman–Crippen LogP) is 5.69. The summed E-state index contributed by atoms with van der Waals surface area (Å²) in [7, 11) is -4.18. The maximum absolute atomic E-state index is 11.1. The van der Waals surface area contributed by atoms with Crippen molar-refractivity contribution in [2.75, 3.05) is 0 Å². The molecule has 0 radical (unpaired) electrons. The second-order valence-electron chi connectivity index (χ2n) is 8.59. The lowest BCUT2D eigenvalue weighted by atomic mass is 9.76. The molecule has 0 aliphatic rings. The fourth-order valence-electron chi connectivity index (χ4n) is 3.13. The quantitative estimate of drug-likeness (QED) is 0.617. The highest BCUT2D eigenvalue weighted by Gasteiger charge is 2.22. The first-order valence-corrected chi connectivity index (χ1v) is 10.7. The Morgan fingerprint density at radius 3 is 1.96 bits per heavy atom. The van der Waals surface area contributed by atoms with E-state index in [0.717, 1.165) is 12.0 Å². The summed E-state index contributed by atoms with van der Waals surface area (Å²) >= 11 is 0. The van der Waals surface area contributed by atoms with Crippen LogP contribution in [0.5, 0.6) is 5.75 Å². The van der Waals surface area contributed by atoms with Crippen molar-refractivity contribution in [3.8, 4) is 5.75 Å². The topological polar surface area (TPSA) is 63.6 Å². The van der Waals surface area contributed by atoms with E-state index in [9.17, 15) is 8.42 Å². The van der Waals surface area contributed by atoms with Crippen LogP contribution >= 0.6 is 0 Å². The van der Waals surface area contributed by atoms with Gasteiger partial charge in [0.2, 0.25) is 0 Å². The van der Waals surface area contributed by atoms with Crippen LogP contribution < -0.4 is 4.74 Å². The highest BCUT2D eigenvalue weighted by molar-refractivity contribution is 7.85. The minimum atomic E-state index is -4.18. The molecule has 0 saturated heterocycles. The summed E-state index contributed by atoms with van der Waals surface area (Å²) in [5, 5.41) is 0. The Morgan fingerprint density at radius 1 is 0.963 bits per heavy atom. The third-order valence-electron chi connectivity index (χ3n) is 4.57. The van der Waals surface area contributed by atoms with Gasteiger partial charge in [0.1, 0.15) is 12.4 Å². The molecule has 0 heterocycles. The van der Waals surface area contributed by atoms with Gasteiger partial charge in [0.15, 0.2) is 0 Å². The monoisotopic (exact) mass is 390 g/mol. The van der Waals surface area contributed by atoms with E-state index < -0.39 is 10.1 Å². The van der Waals surface area contributed by atoms with Crippen LogP contribution in [0.4, 0.5) is 0 Å². The molecule has 1 N–H and O–H groups in total. The lowest BCUT2D eigenvalue weighted by Crippen LogP contribution is -2.16. The molecule has 2 aromatic rings. The molecule has 0 aromatic heterocycles. The molecule has 0 aliphatic carbocycles. The standard InChI is InChI=1S/C22H30O4S/c1-16(2)21(14-22(3,4)5)18-8-6-17(7-9-18)15-26-19-10-12-20(13-11-19)27(23,24)25/h6-13,16,21H,14-15H2,1-5H3,(H,23,24,25). The smallest absolute Gasteiger partial charge is 0.294 e. The summed E-state index contributed by atoms with van der Waals surface area (Å²) in [5.41, 5.74) is 2.68. The highest BCUT2D eigenvalue weighted by atomic mass is 32.2. The van der Waals surface area contributed by atoms with Gasteiger partial charge in [-0.15, -0.1) is 0 Å². The summed E-state index contributed by atoms with van der Waals surface area (Å²) in [5.74, 6) is 1.65. The molecule has 5 heteroatoms. The fourth-order valence-corrected chi connectivity index (χ4v) is 3.61. The number of hydrogen-bond acceptors (Lipinski definition) is 3. The fraction of sp³-hybridized carbons (Fsp3) is 0.455. The normalized spacial score (nSPS) is 13.6. The van der Waals surface area contributed by atoms with E-state index in [0.29, 0.717) is 24.2 Å². The van der Waals surface area contributed by atoms with E-state index >= 15 is 0 Å². The van der Waals surface area contributed by atoms with Crippen LogP contribution in [0.25, 0.3) is 0 Å². The summed E-state index contributed by atoms with van der Waals surface area (Å²) < 4.78 is 36.8. The lowest BCUT2D eigenvalue weighted by molar-refractivity contribution is 0.299. The molecule has 0 fully saturated rings. The molecule has 0 amide bonds. The predicted molar refractivity (Wildman–Crippen MR) is 109 cm³/mol. The largest absolute Gasteiger partial charge is 0.489 e. The first-order valence-electron chi connectivity index (χ1n) is 9.25. The average Bonchev–Trinajstić information content (AvgIpc) is 2.57. The summed E-state index contributed by atoms with van der Waals surface area (Å²) in [6.45, 7) is 11.8. The van der Waals surface area contributed by atoms with Crippen molar-refractivity contribution in [3.05, 3.63) is 59.7 Å². The van der Waals surface area contributed by atoms with Crippen LogP contribution in [0.2, 0.25) is 0 Å². The van der Waals surface area contributed by atoms with Crippen molar-refractivity contribution in [2.45, 2.75) is 58.5 Å². The molecule has 0 aliphatic heterocycles. The zero-order chi connectivity index (χ0) is 20.2. The Balaban J connectivity index is 2.03. The lowest BCUT2D eigenvalue weighted by Gasteiger charge is -2.29. The molecular formula is C22H30O4S. The molecule has 27 heavy (non-hydrogen) atoms. The van der Waals surface area contributed by atoms with Gasteiger partial charge in [0.25, 0.3) is 10.1 Å². The highest BCUT2D eigenvalue weighted by Crippen LogP contribution is 2.36. The molecule has 2 aromatic carbocycles. The van der Waals surface area contributed by atoms with Gasteiger partial charge in [-0.25, -0.2) is 0 Å². The number of ether oxygens (including phenoxy) is 1. The van der Waals surface area contributed by atoms with E-state index in [1.165, 1.54) is 29.8 Å². The summed E-state index contributed by atoms with van der Waals surface area (Å²) in [6, 6.07) is 14.2. The molecule has 148 valence electrons. The average molecular weight is 391 g/mol. The van der Waals surface area contributed by atoms with Crippen molar-refractivity contribution in [1.29, 1.82) is 0 Å². The molecule has 1 atom stereocenters. The SMILES string of the molecule is CC(C)C(CC(C)(C)C)c1ccc(COc2ccc(S(=O)(=O)O)cc2)cc1. The van der Waals surface area contributed by atoms with Crippen LogP contribution in [0.1, 0.15) is 58.1 Å². The Morgan fingerprint density at radius 2 is 1.52 bits per heavy atom. The van der Waals surface area contributed by atoms with Gasteiger partial charge < -0.3 is 4.74 Å². The number of rotatable bonds is 7. The van der Waals surface area contributed by atoms with Crippen LogP contribution in [-0.2, 0) is 16.7 Å². The molecule has 4 nitrogen and oxygen atoms in total. The van der Waals surface area contributed by atoms with Gasteiger partial charge in [-0.1, -0.05) is 58.9 Å². The Bertz CT molecular complexity index is 829. The van der Waals surface area contributed by atoms with Crippen molar-refractivity contribution in [3.63, 3.8) is 0 Å². The van der Waals surface area contributed by atoms with Crippen LogP contribution in [0.3, 0.4) is 0 Å². The van der Waals surface area contributed by atoms with E-state index in [4.69, 9.17) is 9.29 Å². The zero-order valence-electron chi connectivity index (χ0n) is 16.8. The van der Waals surface area contributed by atoms with Gasteiger partial charge >= 0.3 is 0 Å².